The number of thioether (sulfide) groups is 1. The molecule has 3 heterocycles. The van der Waals surface area contributed by atoms with E-state index in [1.165, 1.54) is 17.3 Å². The highest BCUT2D eigenvalue weighted by Crippen LogP contribution is 2.36. The van der Waals surface area contributed by atoms with Crippen LogP contribution in [0, 0.1) is 18.3 Å². The van der Waals surface area contributed by atoms with Crippen LogP contribution in [0.5, 0.6) is 11.5 Å². The van der Waals surface area contributed by atoms with Crippen molar-refractivity contribution in [1.29, 1.82) is 5.26 Å². The minimum atomic E-state index is -0.341. The molecule has 0 N–H and O–H groups in total. The van der Waals surface area contributed by atoms with E-state index in [2.05, 4.69) is 28.0 Å². The Hall–Kier alpha value is -4.11. The standard InChI is InChI=1S/C33H35N5O4S2/c1-22-25(19-29-32(40)38(33(43)44-29)13-12-23-10-11-27(41-3)28(18-23)42-4)30(35(2)31(39)26(22)20-34)37-16-14-36(15-17-37)21-24-8-6-5-7-9-24/h5-11,18-19H,12-17,21H2,1-4H3. The van der Waals surface area contributed by atoms with Gasteiger partial charge in [-0.05, 0) is 48.2 Å². The Bertz CT molecular complexity index is 1710. The summed E-state index contributed by atoms with van der Waals surface area (Å²) < 4.78 is 12.8. The van der Waals surface area contributed by atoms with Crippen LogP contribution in [0.1, 0.15) is 27.8 Å². The molecule has 0 radical (unpaired) electrons. The maximum absolute atomic E-state index is 13.6. The predicted molar refractivity (Wildman–Crippen MR) is 178 cm³/mol. The highest BCUT2D eigenvalue weighted by molar-refractivity contribution is 8.26. The van der Waals surface area contributed by atoms with Crippen LogP contribution in [-0.4, -0.2) is 71.5 Å². The molecule has 228 valence electrons. The second-order valence-corrected chi connectivity index (χ2v) is 12.4. The molecule has 2 aromatic carbocycles. The number of nitrogens with zero attached hydrogens (tertiary/aromatic N) is 5. The van der Waals surface area contributed by atoms with Crippen LogP contribution in [0.15, 0.2) is 58.2 Å². The van der Waals surface area contributed by atoms with Gasteiger partial charge in [-0.25, -0.2) is 0 Å². The number of methoxy groups -OCH3 is 2. The first kappa shape index (κ1) is 31.3. The first-order chi connectivity index (χ1) is 21.2. The van der Waals surface area contributed by atoms with E-state index in [0.29, 0.717) is 63.7 Å². The zero-order valence-electron chi connectivity index (χ0n) is 25.3. The van der Waals surface area contributed by atoms with Crippen molar-refractivity contribution in [3.05, 3.63) is 91.6 Å². The topological polar surface area (TPSA) is 91.0 Å². The largest absolute Gasteiger partial charge is 0.493 e. The number of anilines is 1. The predicted octanol–water partition coefficient (Wildman–Crippen LogP) is 4.35. The van der Waals surface area contributed by atoms with E-state index in [1.54, 1.807) is 43.7 Å². The summed E-state index contributed by atoms with van der Waals surface area (Å²) in [7, 11) is 4.87. The molecule has 0 unspecified atom stereocenters. The van der Waals surface area contributed by atoms with Crippen molar-refractivity contribution < 1.29 is 14.3 Å². The fourth-order valence-electron chi connectivity index (χ4n) is 5.65. The number of aromatic nitrogens is 1. The van der Waals surface area contributed by atoms with Gasteiger partial charge in [0.05, 0.1) is 19.1 Å². The summed E-state index contributed by atoms with van der Waals surface area (Å²) >= 11 is 6.87. The molecule has 0 aliphatic carbocycles. The van der Waals surface area contributed by atoms with Crippen LogP contribution >= 0.6 is 24.0 Å². The average molecular weight is 630 g/mol. The van der Waals surface area contributed by atoms with Crippen LogP contribution in [0.2, 0.25) is 0 Å². The molecule has 0 atom stereocenters. The van der Waals surface area contributed by atoms with Gasteiger partial charge in [0.2, 0.25) is 0 Å². The molecular weight excluding hydrogens is 595 g/mol. The second-order valence-electron chi connectivity index (χ2n) is 10.7. The van der Waals surface area contributed by atoms with Crippen LogP contribution in [0.25, 0.3) is 6.08 Å². The second kappa shape index (κ2) is 13.7. The number of piperazine rings is 1. The van der Waals surface area contributed by atoms with Crippen molar-refractivity contribution >= 4 is 46.1 Å². The fourth-order valence-corrected chi connectivity index (χ4v) is 6.94. The molecule has 2 saturated heterocycles. The zero-order chi connectivity index (χ0) is 31.4. The number of hydrogen-bond donors (Lipinski definition) is 0. The smallest absolute Gasteiger partial charge is 0.270 e. The Morgan fingerprint density at radius 2 is 1.70 bits per heavy atom. The van der Waals surface area contributed by atoms with Gasteiger partial charge in [0, 0.05) is 51.9 Å². The summed E-state index contributed by atoms with van der Waals surface area (Å²) in [4.78, 5) is 33.5. The van der Waals surface area contributed by atoms with Crippen molar-refractivity contribution in [2.45, 2.75) is 19.9 Å². The number of ether oxygens (including phenoxy) is 2. The molecule has 5 rings (SSSR count). The lowest BCUT2D eigenvalue weighted by Gasteiger charge is -2.37. The molecule has 1 amide bonds. The van der Waals surface area contributed by atoms with Crippen molar-refractivity contribution in [2.24, 2.45) is 7.05 Å². The molecule has 2 aliphatic heterocycles. The molecule has 11 heteroatoms. The van der Waals surface area contributed by atoms with Gasteiger partial charge in [0.25, 0.3) is 11.5 Å². The summed E-state index contributed by atoms with van der Waals surface area (Å²) in [6.07, 6.45) is 2.38. The van der Waals surface area contributed by atoms with Crippen molar-refractivity contribution in [3.8, 4) is 17.6 Å². The quantitative estimate of drug-likeness (QED) is 0.253. The van der Waals surface area contributed by atoms with Crippen LogP contribution in [0.3, 0.4) is 0 Å². The minimum absolute atomic E-state index is 0.0779. The van der Waals surface area contributed by atoms with E-state index in [4.69, 9.17) is 21.7 Å². The molecule has 9 nitrogen and oxygen atoms in total. The molecule has 3 aromatic rings. The van der Waals surface area contributed by atoms with Gasteiger partial charge in [-0.3, -0.25) is 24.0 Å². The number of carbonyl (C=O) groups is 1. The monoisotopic (exact) mass is 629 g/mol. The van der Waals surface area contributed by atoms with Gasteiger partial charge < -0.3 is 14.4 Å². The number of pyridine rings is 1. The molecule has 2 fully saturated rings. The third-order valence-corrected chi connectivity index (χ3v) is 9.49. The van der Waals surface area contributed by atoms with E-state index >= 15 is 0 Å². The summed E-state index contributed by atoms with van der Waals surface area (Å²) in [5.74, 6) is 1.79. The normalized spacial score (nSPS) is 16.5. The Morgan fingerprint density at radius 3 is 2.36 bits per heavy atom. The SMILES string of the molecule is COc1ccc(CCN2C(=O)C(=Cc3c(C)c(C#N)c(=O)n(C)c3N3CCN(Cc4ccccc4)CC3)SC2=S)cc1OC. The number of rotatable bonds is 9. The third kappa shape index (κ3) is 6.38. The van der Waals surface area contributed by atoms with E-state index in [1.807, 2.05) is 36.4 Å². The molecule has 0 saturated carbocycles. The Kier molecular flexibility index (Phi) is 9.74. The number of carbonyl (C=O) groups excluding carboxylic acids is 1. The van der Waals surface area contributed by atoms with Crippen molar-refractivity contribution in [1.82, 2.24) is 14.4 Å². The van der Waals surface area contributed by atoms with E-state index < -0.39 is 0 Å². The van der Waals surface area contributed by atoms with Crippen molar-refractivity contribution in [2.75, 3.05) is 51.8 Å². The molecule has 2 aliphatic rings. The van der Waals surface area contributed by atoms with Crippen LogP contribution < -0.4 is 19.9 Å². The van der Waals surface area contributed by atoms with Crippen LogP contribution in [-0.2, 0) is 24.8 Å². The molecule has 0 spiro atoms. The number of hydrogen-bond acceptors (Lipinski definition) is 9. The molecule has 44 heavy (non-hydrogen) atoms. The minimum Gasteiger partial charge on any atom is -0.493 e. The number of nitriles is 1. The fraction of sp³-hybridized carbons (Fsp3) is 0.333. The first-order valence-electron chi connectivity index (χ1n) is 14.4. The molecule has 1 aromatic heterocycles. The van der Waals surface area contributed by atoms with Gasteiger partial charge in [-0.2, -0.15) is 5.26 Å². The lowest BCUT2D eigenvalue weighted by Crippen LogP contribution is -2.48. The average Bonchev–Trinajstić information content (AvgIpc) is 3.31. The third-order valence-electron chi connectivity index (χ3n) is 8.11. The van der Waals surface area contributed by atoms with E-state index in [9.17, 15) is 14.9 Å². The Balaban J connectivity index is 1.39. The Labute approximate surface area is 267 Å². The van der Waals surface area contributed by atoms with Gasteiger partial charge in [0.15, 0.2) is 11.5 Å². The van der Waals surface area contributed by atoms with Gasteiger partial charge in [-0.15, -0.1) is 0 Å². The molecule has 0 bridgehead atoms. The van der Waals surface area contributed by atoms with Crippen LogP contribution in [0.4, 0.5) is 5.82 Å². The van der Waals surface area contributed by atoms with Gasteiger partial charge in [-0.1, -0.05) is 60.4 Å². The highest BCUT2D eigenvalue weighted by atomic mass is 32.2. The lowest BCUT2D eigenvalue weighted by molar-refractivity contribution is -0.122. The summed E-state index contributed by atoms with van der Waals surface area (Å²) in [6, 6.07) is 18.1. The zero-order valence-corrected chi connectivity index (χ0v) is 27.0. The number of benzene rings is 2. The number of amides is 1. The molecular formula is C33H35N5O4S2. The Morgan fingerprint density at radius 1 is 1.00 bits per heavy atom. The van der Waals surface area contributed by atoms with Gasteiger partial charge in [0.1, 0.15) is 21.8 Å². The maximum Gasteiger partial charge on any atom is 0.270 e. The van der Waals surface area contributed by atoms with Gasteiger partial charge >= 0.3 is 0 Å². The van der Waals surface area contributed by atoms with E-state index in [0.717, 1.165) is 25.2 Å². The summed E-state index contributed by atoms with van der Waals surface area (Å²) in [5, 5.41) is 9.85. The highest BCUT2D eigenvalue weighted by Gasteiger charge is 2.33. The maximum atomic E-state index is 13.6. The number of thiocarbonyl (C=S) groups is 1. The van der Waals surface area contributed by atoms with Crippen molar-refractivity contribution in [3.63, 3.8) is 0 Å². The summed E-state index contributed by atoms with van der Waals surface area (Å²) in [6.45, 7) is 6.09. The van der Waals surface area contributed by atoms with E-state index in [-0.39, 0.29) is 17.0 Å². The first-order valence-corrected chi connectivity index (χ1v) is 15.6. The summed E-state index contributed by atoms with van der Waals surface area (Å²) in [5.41, 5.74) is 3.24. The lowest BCUT2D eigenvalue weighted by atomic mass is 10.0.